The smallest absolute Gasteiger partial charge is 0.231 e. The summed E-state index contributed by atoms with van der Waals surface area (Å²) in [4.78, 5) is 12.3. The largest absolute Gasteiger partial charge is 0.325 e. The number of hydrogen-bond donors (Lipinski definition) is 1. The van der Waals surface area contributed by atoms with E-state index in [2.05, 4.69) is 5.32 Å². The number of carbonyl (C=O) groups excluding carboxylic acids is 1. The van der Waals surface area contributed by atoms with E-state index in [9.17, 15) is 4.79 Å². The van der Waals surface area contributed by atoms with Crippen LogP contribution in [0.25, 0.3) is 0 Å². The third-order valence-electron chi connectivity index (χ3n) is 3.34. The van der Waals surface area contributed by atoms with Crippen LogP contribution in [0.5, 0.6) is 0 Å². The third kappa shape index (κ3) is 3.22. The van der Waals surface area contributed by atoms with E-state index in [0.29, 0.717) is 0 Å². The molecule has 2 aromatic carbocycles. The molecule has 0 radical (unpaired) electrons. The molecule has 2 heteroatoms. The van der Waals surface area contributed by atoms with Crippen molar-refractivity contribution >= 4 is 11.6 Å². The van der Waals surface area contributed by atoms with Crippen molar-refractivity contribution in [3.63, 3.8) is 0 Å². The third-order valence-corrected chi connectivity index (χ3v) is 3.34. The van der Waals surface area contributed by atoms with Gasteiger partial charge in [-0.05, 0) is 43.5 Å². The molecule has 0 aliphatic heterocycles. The second kappa shape index (κ2) is 5.70. The van der Waals surface area contributed by atoms with Crippen LogP contribution < -0.4 is 5.32 Å². The highest BCUT2D eigenvalue weighted by atomic mass is 16.1. The zero-order chi connectivity index (χ0) is 13.8. The summed E-state index contributed by atoms with van der Waals surface area (Å²) in [5.41, 5.74) is 4.16. The van der Waals surface area contributed by atoms with E-state index in [4.69, 9.17) is 0 Å². The molecule has 2 aromatic rings. The predicted molar refractivity (Wildman–Crippen MR) is 79.4 cm³/mol. The molecule has 0 bridgehead atoms. The average molecular weight is 253 g/mol. The molecular weight excluding hydrogens is 234 g/mol. The Bertz CT molecular complexity index is 575. The minimum Gasteiger partial charge on any atom is -0.325 e. The van der Waals surface area contributed by atoms with Gasteiger partial charge in [0.2, 0.25) is 5.91 Å². The van der Waals surface area contributed by atoms with Crippen molar-refractivity contribution in [2.24, 2.45) is 0 Å². The molecule has 0 spiro atoms. The van der Waals surface area contributed by atoms with Crippen LogP contribution in [-0.2, 0) is 4.79 Å². The van der Waals surface area contributed by atoms with Crippen molar-refractivity contribution in [2.75, 3.05) is 5.32 Å². The fraction of sp³-hybridized carbons (Fsp3) is 0.235. The Morgan fingerprint density at radius 2 is 1.74 bits per heavy atom. The maximum absolute atomic E-state index is 12.3. The molecule has 2 rings (SSSR count). The number of benzene rings is 2. The van der Waals surface area contributed by atoms with E-state index in [0.717, 1.165) is 22.4 Å². The summed E-state index contributed by atoms with van der Waals surface area (Å²) in [6.45, 7) is 5.95. The Morgan fingerprint density at radius 1 is 1.05 bits per heavy atom. The first-order valence-electron chi connectivity index (χ1n) is 6.51. The van der Waals surface area contributed by atoms with Gasteiger partial charge in [-0.25, -0.2) is 0 Å². The van der Waals surface area contributed by atoms with Crippen molar-refractivity contribution in [2.45, 2.75) is 26.7 Å². The molecule has 0 heterocycles. The maximum atomic E-state index is 12.3. The van der Waals surface area contributed by atoms with Crippen molar-refractivity contribution < 1.29 is 4.79 Å². The van der Waals surface area contributed by atoms with E-state index < -0.39 is 0 Å². The SMILES string of the molecule is Cc1ccc(C)c(NC(=O)[C@H](C)c2ccccc2)c1. The molecule has 1 atom stereocenters. The molecule has 0 aliphatic carbocycles. The maximum Gasteiger partial charge on any atom is 0.231 e. The fourth-order valence-electron chi connectivity index (χ4n) is 2.00. The van der Waals surface area contributed by atoms with Gasteiger partial charge in [0.15, 0.2) is 0 Å². The zero-order valence-corrected chi connectivity index (χ0v) is 11.6. The summed E-state index contributed by atoms with van der Waals surface area (Å²) in [7, 11) is 0. The number of carbonyl (C=O) groups is 1. The van der Waals surface area contributed by atoms with Gasteiger partial charge in [0.25, 0.3) is 0 Å². The Morgan fingerprint density at radius 3 is 2.42 bits per heavy atom. The molecule has 0 unspecified atom stereocenters. The number of amides is 1. The van der Waals surface area contributed by atoms with Gasteiger partial charge in [-0.3, -0.25) is 4.79 Å². The van der Waals surface area contributed by atoms with E-state index in [1.807, 2.05) is 69.3 Å². The van der Waals surface area contributed by atoms with Gasteiger partial charge in [-0.15, -0.1) is 0 Å². The van der Waals surface area contributed by atoms with Crippen LogP contribution >= 0.6 is 0 Å². The Kier molecular flexibility index (Phi) is 4.00. The highest BCUT2D eigenvalue weighted by Gasteiger charge is 2.15. The van der Waals surface area contributed by atoms with Crippen LogP contribution in [0, 0.1) is 13.8 Å². The molecule has 0 saturated heterocycles. The second-order valence-electron chi connectivity index (χ2n) is 4.94. The van der Waals surface area contributed by atoms with Gasteiger partial charge in [-0.1, -0.05) is 42.5 Å². The first kappa shape index (κ1) is 13.3. The van der Waals surface area contributed by atoms with E-state index in [1.54, 1.807) is 0 Å². The van der Waals surface area contributed by atoms with Gasteiger partial charge < -0.3 is 5.32 Å². The summed E-state index contributed by atoms with van der Waals surface area (Å²) < 4.78 is 0. The molecule has 0 fully saturated rings. The highest BCUT2D eigenvalue weighted by molar-refractivity contribution is 5.96. The Hall–Kier alpha value is -2.09. The first-order chi connectivity index (χ1) is 9.08. The van der Waals surface area contributed by atoms with E-state index in [1.165, 1.54) is 0 Å². The van der Waals surface area contributed by atoms with Crippen LogP contribution in [0.2, 0.25) is 0 Å². The molecule has 1 N–H and O–H groups in total. The molecule has 1 amide bonds. The quantitative estimate of drug-likeness (QED) is 0.878. The number of aryl methyl sites for hydroxylation is 2. The van der Waals surface area contributed by atoms with Crippen molar-refractivity contribution in [3.8, 4) is 0 Å². The van der Waals surface area contributed by atoms with Crippen LogP contribution in [0.1, 0.15) is 29.5 Å². The minimum atomic E-state index is -0.152. The highest BCUT2D eigenvalue weighted by Crippen LogP contribution is 2.20. The number of nitrogens with one attached hydrogen (secondary N) is 1. The molecule has 19 heavy (non-hydrogen) atoms. The van der Waals surface area contributed by atoms with Gasteiger partial charge in [0, 0.05) is 5.69 Å². The normalized spacial score (nSPS) is 11.9. The lowest BCUT2D eigenvalue weighted by molar-refractivity contribution is -0.117. The second-order valence-corrected chi connectivity index (χ2v) is 4.94. The first-order valence-corrected chi connectivity index (χ1v) is 6.51. The molecular formula is C17H19NO. The van der Waals surface area contributed by atoms with Crippen molar-refractivity contribution in [3.05, 3.63) is 65.2 Å². The van der Waals surface area contributed by atoms with Crippen molar-refractivity contribution in [1.29, 1.82) is 0 Å². The fourth-order valence-corrected chi connectivity index (χ4v) is 2.00. The Balaban J connectivity index is 2.15. The average Bonchev–Trinajstić information content (AvgIpc) is 2.43. The van der Waals surface area contributed by atoms with E-state index >= 15 is 0 Å². The number of hydrogen-bond acceptors (Lipinski definition) is 1. The lowest BCUT2D eigenvalue weighted by atomic mass is 10.00. The molecule has 0 aliphatic rings. The molecule has 0 saturated carbocycles. The number of rotatable bonds is 3. The summed E-state index contributed by atoms with van der Waals surface area (Å²) in [6.07, 6.45) is 0. The molecule has 0 aromatic heterocycles. The van der Waals surface area contributed by atoms with Crippen LogP contribution in [-0.4, -0.2) is 5.91 Å². The minimum absolute atomic E-state index is 0.0277. The van der Waals surface area contributed by atoms with Gasteiger partial charge in [0.1, 0.15) is 0 Å². The van der Waals surface area contributed by atoms with Crippen LogP contribution in [0.4, 0.5) is 5.69 Å². The van der Waals surface area contributed by atoms with Gasteiger partial charge in [0.05, 0.1) is 5.92 Å². The topological polar surface area (TPSA) is 29.1 Å². The van der Waals surface area contributed by atoms with E-state index in [-0.39, 0.29) is 11.8 Å². The zero-order valence-electron chi connectivity index (χ0n) is 11.6. The predicted octanol–water partition coefficient (Wildman–Crippen LogP) is 4.05. The van der Waals surface area contributed by atoms with Gasteiger partial charge >= 0.3 is 0 Å². The van der Waals surface area contributed by atoms with Gasteiger partial charge in [-0.2, -0.15) is 0 Å². The lowest BCUT2D eigenvalue weighted by Gasteiger charge is -2.14. The summed E-state index contributed by atoms with van der Waals surface area (Å²) in [6, 6.07) is 15.9. The van der Waals surface area contributed by atoms with Crippen molar-refractivity contribution in [1.82, 2.24) is 0 Å². The number of anilines is 1. The summed E-state index contributed by atoms with van der Waals surface area (Å²) in [5, 5.41) is 3.01. The summed E-state index contributed by atoms with van der Waals surface area (Å²) in [5.74, 6) is -0.124. The lowest BCUT2D eigenvalue weighted by Crippen LogP contribution is -2.19. The standard InChI is InChI=1S/C17H19NO/c1-12-9-10-13(2)16(11-12)18-17(19)14(3)15-7-5-4-6-8-15/h4-11,14H,1-3H3,(H,18,19)/t14-/m1/s1. The van der Waals surface area contributed by atoms with Crippen LogP contribution in [0.3, 0.4) is 0 Å². The Labute approximate surface area is 114 Å². The monoisotopic (exact) mass is 253 g/mol. The molecule has 98 valence electrons. The van der Waals surface area contributed by atoms with Crippen LogP contribution in [0.15, 0.2) is 48.5 Å². The molecule has 2 nitrogen and oxygen atoms in total. The summed E-state index contributed by atoms with van der Waals surface area (Å²) >= 11 is 0.